The summed E-state index contributed by atoms with van der Waals surface area (Å²) < 4.78 is 29.3. The van der Waals surface area contributed by atoms with Gasteiger partial charge >= 0.3 is 0 Å². The summed E-state index contributed by atoms with van der Waals surface area (Å²) in [6.45, 7) is 2.61. The molecule has 2 rings (SSSR count). The highest BCUT2D eigenvalue weighted by molar-refractivity contribution is 7.89. The van der Waals surface area contributed by atoms with Crippen LogP contribution in [-0.4, -0.2) is 26.1 Å². The van der Waals surface area contributed by atoms with Gasteiger partial charge in [-0.25, -0.2) is 13.1 Å². The maximum Gasteiger partial charge on any atom is 0.242 e. The third kappa shape index (κ3) is 3.19. The Morgan fingerprint density at radius 3 is 2.68 bits per heavy atom. The predicted molar refractivity (Wildman–Crippen MR) is 75.3 cm³/mol. The average Bonchev–Trinajstić information content (AvgIpc) is 2.58. The summed E-state index contributed by atoms with van der Waals surface area (Å²) >= 11 is 0. The van der Waals surface area contributed by atoms with Crippen LogP contribution in [-0.2, 0) is 23.6 Å². The zero-order chi connectivity index (χ0) is 14.0. The van der Waals surface area contributed by atoms with E-state index in [9.17, 15) is 8.42 Å². The van der Waals surface area contributed by atoms with Gasteiger partial charge in [0.1, 0.15) is 0 Å². The van der Waals surface area contributed by atoms with Crippen LogP contribution in [0.2, 0.25) is 0 Å². The Labute approximate surface area is 115 Å². The minimum Gasteiger partial charge on any atom is -0.352 e. The minimum atomic E-state index is -3.40. The van der Waals surface area contributed by atoms with Gasteiger partial charge in [-0.15, -0.1) is 0 Å². The van der Waals surface area contributed by atoms with Gasteiger partial charge in [0.2, 0.25) is 10.0 Å². The van der Waals surface area contributed by atoms with Gasteiger partial charge < -0.3 is 9.88 Å². The number of rotatable bonds is 6. The monoisotopic (exact) mass is 285 g/mol. The molecule has 6 heteroatoms. The second-order valence-electron chi connectivity index (χ2n) is 5.41. The summed E-state index contributed by atoms with van der Waals surface area (Å²) in [5.74, 6) is 0.496. The van der Waals surface area contributed by atoms with Crippen molar-refractivity contribution in [3.05, 3.63) is 18.0 Å². The van der Waals surface area contributed by atoms with Crippen molar-refractivity contribution in [1.29, 1.82) is 0 Å². The summed E-state index contributed by atoms with van der Waals surface area (Å²) in [6, 6.07) is 1.75. The van der Waals surface area contributed by atoms with Gasteiger partial charge in [-0.1, -0.05) is 6.42 Å². The van der Waals surface area contributed by atoms with Crippen molar-refractivity contribution in [2.75, 3.05) is 7.05 Å². The number of aryl methyl sites for hydroxylation is 1. The van der Waals surface area contributed by atoms with Crippen molar-refractivity contribution in [2.45, 2.75) is 43.7 Å². The first-order chi connectivity index (χ1) is 8.94. The Kier molecular flexibility index (Phi) is 4.32. The van der Waals surface area contributed by atoms with Crippen molar-refractivity contribution in [2.24, 2.45) is 13.0 Å². The van der Waals surface area contributed by atoms with Crippen LogP contribution in [0.15, 0.2) is 17.2 Å². The molecule has 1 fully saturated rings. The number of nitrogens with one attached hydrogen (secondary N) is 2. The van der Waals surface area contributed by atoms with Gasteiger partial charge in [-0.3, -0.25) is 0 Å². The van der Waals surface area contributed by atoms with E-state index in [2.05, 4.69) is 10.0 Å². The fourth-order valence-corrected chi connectivity index (χ4v) is 3.84. The standard InChI is InChI=1S/C13H23N3O2S/c1-10(11-5-4-6-11)15-19(17,18)13-7-12(8-14-2)16(3)9-13/h7,9-11,14-15H,4-6,8H2,1-3H3. The molecule has 1 saturated carbocycles. The average molecular weight is 285 g/mol. The first-order valence-electron chi connectivity index (χ1n) is 6.76. The molecule has 1 heterocycles. The summed E-state index contributed by atoms with van der Waals surface area (Å²) in [6.07, 6.45) is 5.14. The van der Waals surface area contributed by atoms with Gasteiger partial charge in [0.05, 0.1) is 4.90 Å². The molecule has 0 aromatic carbocycles. The van der Waals surface area contributed by atoms with E-state index in [0.717, 1.165) is 18.5 Å². The molecular formula is C13H23N3O2S. The van der Waals surface area contributed by atoms with Gasteiger partial charge in [-0.2, -0.15) is 0 Å². The number of hydrogen-bond acceptors (Lipinski definition) is 3. The fourth-order valence-electron chi connectivity index (χ4n) is 2.43. The first-order valence-corrected chi connectivity index (χ1v) is 8.24. The quantitative estimate of drug-likeness (QED) is 0.826. The summed E-state index contributed by atoms with van der Waals surface area (Å²) in [7, 11) is 0.308. The van der Waals surface area contributed by atoms with E-state index in [1.807, 2.05) is 25.6 Å². The van der Waals surface area contributed by atoms with Crippen molar-refractivity contribution in [1.82, 2.24) is 14.6 Å². The van der Waals surface area contributed by atoms with E-state index in [-0.39, 0.29) is 6.04 Å². The lowest BCUT2D eigenvalue weighted by Crippen LogP contribution is -2.40. The molecule has 1 aromatic rings. The van der Waals surface area contributed by atoms with Crippen LogP contribution in [0.25, 0.3) is 0 Å². The molecule has 19 heavy (non-hydrogen) atoms. The first kappa shape index (κ1) is 14.6. The normalized spacial score (nSPS) is 18.3. The number of aromatic nitrogens is 1. The highest BCUT2D eigenvalue weighted by atomic mass is 32.2. The molecule has 0 bridgehead atoms. The highest BCUT2D eigenvalue weighted by Gasteiger charge is 2.28. The van der Waals surface area contributed by atoms with Crippen molar-refractivity contribution in [3.63, 3.8) is 0 Å². The molecule has 1 aliphatic rings. The highest BCUT2D eigenvalue weighted by Crippen LogP contribution is 2.30. The zero-order valence-corrected chi connectivity index (χ0v) is 12.6. The van der Waals surface area contributed by atoms with Crippen LogP contribution in [0.3, 0.4) is 0 Å². The summed E-state index contributed by atoms with van der Waals surface area (Å²) in [4.78, 5) is 0.353. The van der Waals surface area contributed by atoms with Gasteiger partial charge in [-0.05, 0) is 38.8 Å². The van der Waals surface area contributed by atoms with E-state index in [1.165, 1.54) is 6.42 Å². The van der Waals surface area contributed by atoms with Crippen LogP contribution >= 0.6 is 0 Å². The molecule has 0 spiro atoms. The van der Waals surface area contributed by atoms with Crippen LogP contribution in [0.5, 0.6) is 0 Å². The second kappa shape index (κ2) is 5.64. The van der Waals surface area contributed by atoms with Gasteiger partial charge in [0, 0.05) is 31.5 Å². The van der Waals surface area contributed by atoms with Crippen molar-refractivity contribution >= 4 is 10.0 Å². The van der Waals surface area contributed by atoms with Crippen molar-refractivity contribution in [3.8, 4) is 0 Å². The summed E-state index contributed by atoms with van der Waals surface area (Å²) in [5, 5.41) is 3.03. The molecule has 0 radical (unpaired) electrons. The Hall–Kier alpha value is -0.850. The maximum atomic E-state index is 12.3. The molecule has 2 N–H and O–H groups in total. The van der Waals surface area contributed by atoms with Crippen LogP contribution < -0.4 is 10.0 Å². The third-order valence-electron chi connectivity index (χ3n) is 3.95. The lowest BCUT2D eigenvalue weighted by atomic mass is 9.81. The minimum absolute atomic E-state index is 0.0201. The largest absolute Gasteiger partial charge is 0.352 e. The fraction of sp³-hybridized carbons (Fsp3) is 0.692. The van der Waals surface area contributed by atoms with E-state index in [0.29, 0.717) is 17.4 Å². The zero-order valence-electron chi connectivity index (χ0n) is 11.8. The lowest BCUT2D eigenvalue weighted by Gasteiger charge is -2.31. The molecule has 0 saturated heterocycles. The van der Waals surface area contributed by atoms with E-state index in [1.54, 1.807) is 12.3 Å². The molecule has 5 nitrogen and oxygen atoms in total. The van der Waals surface area contributed by atoms with Gasteiger partial charge in [0.25, 0.3) is 0 Å². The SMILES string of the molecule is CNCc1cc(S(=O)(=O)NC(C)C2CCC2)cn1C. The molecule has 108 valence electrons. The Morgan fingerprint density at radius 2 is 2.16 bits per heavy atom. The van der Waals surface area contributed by atoms with E-state index < -0.39 is 10.0 Å². The molecule has 1 aliphatic carbocycles. The van der Waals surface area contributed by atoms with E-state index in [4.69, 9.17) is 0 Å². The lowest BCUT2D eigenvalue weighted by molar-refractivity contribution is 0.260. The van der Waals surface area contributed by atoms with E-state index >= 15 is 0 Å². The predicted octanol–water partition coefficient (Wildman–Crippen LogP) is 1.21. The van der Waals surface area contributed by atoms with Crippen LogP contribution in [0.4, 0.5) is 0 Å². The third-order valence-corrected chi connectivity index (χ3v) is 5.47. The Balaban J connectivity index is 2.12. The molecule has 1 aromatic heterocycles. The Morgan fingerprint density at radius 1 is 1.47 bits per heavy atom. The van der Waals surface area contributed by atoms with Crippen LogP contribution in [0.1, 0.15) is 31.9 Å². The van der Waals surface area contributed by atoms with Crippen LogP contribution in [0, 0.1) is 5.92 Å². The maximum absolute atomic E-state index is 12.3. The van der Waals surface area contributed by atoms with Crippen molar-refractivity contribution < 1.29 is 8.42 Å². The molecular weight excluding hydrogens is 262 g/mol. The Bertz CT molecular complexity index is 532. The van der Waals surface area contributed by atoms with Gasteiger partial charge in [0.15, 0.2) is 0 Å². The smallest absolute Gasteiger partial charge is 0.242 e. The number of hydrogen-bond donors (Lipinski definition) is 2. The molecule has 1 unspecified atom stereocenters. The molecule has 1 atom stereocenters. The second-order valence-corrected chi connectivity index (χ2v) is 7.12. The number of sulfonamides is 1. The molecule has 0 aliphatic heterocycles. The summed E-state index contributed by atoms with van der Waals surface area (Å²) in [5.41, 5.74) is 0.958. The number of nitrogens with zero attached hydrogens (tertiary/aromatic N) is 1. The molecule has 0 amide bonds. The topological polar surface area (TPSA) is 63.1 Å².